The largest absolute Gasteiger partial charge is 0.342 e. The lowest BCUT2D eigenvalue weighted by atomic mass is 9.93. The van der Waals surface area contributed by atoms with Crippen molar-refractivity contribution in [2.45, 2.75) is 39.3 Å². The Morgan fingerprint density at radius 3 is 2.37 bits per heavy atom. The number of allylic oxidation sites excluding steroid dienone is 1. The van der Waals surface area contributed by atoms with Gasteiger partial charge in [-0.1, -0.05) is 98.0 Å². The van der Waals surface area contributed by atoms with Crippen molar-refractivity contribution in [3.05, 3.63) is 173 Å². The van der Waals surface area contributed by atoms with Crippen LogP contribution in [0.15, 0.2) is 130 Å². The SMILES string of the molecule is CC1=C(C(=O)Nc2ccccc2)[C@H](c2ccc(C(C)C)cc2)n2c(s/c(=C\c3cn(Cc4ccc([N+](=O)[O-])cc4)c4ccccc34)c2=O)=N1. The van der Waals surface area contributed by atoms with Crippen LogP contribution in [0.3, 0.4) is 0 Å². The Kier molecular flexibility index (Phi) is 8.39. The van der Waals surface area contributed by atoms with Gasteiger partial charge in [-0.25, -0.2) is 4.99 Å². The van der Waals surface area contributed by atoms with E-state index in [0.29, 0.717) is 38.8 Å². The second-order valence-corrected chi connectivity index (χ2v) is 13.4. The van der Waals surface area contributed by atoms with Gasteiger partial charge in [0.1, 0.15) is 0 Å². The minimum Gasteiger partial charge on any atom is -0.342 e. The number of nitro benzene ring substituents is 1. The van der Waals surface area contributed by atoms with E-state index < -0.39 is 11.0 Å². The number of nitro groups is 1. The van der Waals surface area contributed by atoms with E-state index in [9.17, 15) is 19.7 Å². The van der Waals surface area contributed by atoms with Crippen LogP contribution in [0.25, 0.3) is 17.0 Å². The van der Waals surface area contributed by atoms with Crippen molar-refractivity contribution in [3.63, 3.8) is 0 Å². The Hall–Kier alpha value is -5.87. The van der Waals surface area contributed by atoms with Crippen LogP contribution < -0.4 is 20.2 Å². The van der Waals surface area contributed by atoms with E-state index in [4.69, 9.17) is 4.99 Å². The highest BCUT2D eigenvalue weighted by Gasteiger charge is 2.32. The molecule has 0 spiro atoms. The van der Waals surface area contributed by atoms with E-state index in [-0.39, 0.29) is 17.2 Å². The minimum absolute atomic E-state index is 0.0438. The molecule has 3 heterocycles. The maximum absolute atomic E-state index is 14.4. The van der Waals surface area contributed by atoms with E-state index in [0.717, 1.165) is 33.2 Å². The summed E-state index contributed by atoms with van der Waals surface area (Å²) in [5.41, 5.74) is 6.17. The molecule has 49 heavy (non-hydrogen) atoms. The second-order valence-electron chi connectivity index (χ2n) is 12.4. The van der Waals surface area contributed by atoms with Crippen molar-refractivity contribution in [2.75, 3.05) is 5.32 Å². The van der Waals surface area contributed by atoms with Crippen LogP contribution in [0, 0.1) is 10.1 Å². The number of rotatable bonds is 8. The highest BCUT2D eigenvalue weighted by molar-refractivity contribution is 7.07. The number of thiazole rings is 1. The molecule has 4 aromatic carbocycles. The highest BCUT2D eigenvalue weighted by atomic mass is 32.1. The van der Waals surface area contributed by atoms with Gasteiger partial charge in [-0.3, -0.25) is 24.3 Å². The van der Waals surface area contributed by atoms with Crippen LogP contribution in [0.2, 0.25) is 0 Å². The molecule has 0 fully saturated rings. The molecule has 0 bridgehead atoms. The molecule has 1 atom stereocenters. The fraction of sp³-hybridized carbons (Fsp3) is 0.154. The molecule has 1 aliphatic heterocycles. The van der Waals surface area contributed by atoms with Crippen molar-refractivity contribution in [1.29, 1.82) is 0 Å². The quantitative estimate of drug-likeness (QED) is 0.141. The van der Waals surface area contributed by atoms with Crippen molar-refractivity contribution in [1.82, 2.24) is 9.13 Å². The lowest BCUT2D eigenvalue weighted by Gasteiger charge is -2.25. The molecule has 0 aliphatic carbocycles. The van der Waals surface area contributed by atoms with Gasteiger partial charge in [0.15, 0.2) is 4.80 Å². The van der Waals surface area contributed by atoms with Crippen LogP contribution >= 0.6 is 11.3 Å². The van der Waals surface area contributed by atoms with E-state index in [1.165, 1.54) is 23.5 Å². The molecule has 244 valence electrons. The van der Waals surface area contributed by atoms with Crippen LogP contribution in [-0.2, 0) is 11.3 Å². The number of hydrogen-bond donors (Lipinski definition) is 1. The number of nitrogens with one attached hydrogen (secondary N) is 1. The summed E-state index contributed by atoms with van der Waals surface area (Å²) in [6.07, 6.45) is 3.89. The van der Waals surface area contributed by atoms with E-state index >= 15 is 0 Å². The summed E-state index contributed by atoms with van der Waals surface area (Å²) in [4.78, 5) is 44.4. The smallest absolute Gasteiger partial charge is 0.271 e. The molecule has 0 saturated heterocycles. The van der Waals surface area contributed by atoms with Gasteiger partial charge in [0.2, 0.25) is 0 Å². The lowest BCUT2D eigenvalue weighted by Crippen LogP contribution is -2.40. The fourth-order valence-corrected chi connectivity index (χ4v) is 7.33. The molecular weight excluding hydrogens is 635 g/mol. The van der Waals surface area contributed by atoms with Gasteiger partial charge in [0.05, 0.1) is 26.8 Å². The standard InChI is InChI=1S/C39H33N5O4S/c1-24(2)27-15-17-28(18-16-27)36-35(37(45)41-30-9-5-4-6-10-30)25(3)40-39-43(36)38(46)34(49-39)21-29-23-42(33-12-8-7-11-32(29)33)22-26-13-19-31(20-14-26)44(47)48/h4-21,23-24,36H,22H2,1-3H3,(H,41,45)/b34-21-/t36-/m0/s1. The summed E-state index contributed by atoms with van der Waals surface area (Å²) in [5.74, 6) is 0.0192. The van der Waals surface area contributed by atoms with Crippen molar-refractivity contribution in [3.8, 4) is 0 Å². The van der Waals surface area contributed by atoms with Gasteiger partial charge in [-0.2, -0.15) is 0 Å². The molecule has 10 heteroatoms. The minimum atomic E-state index is -0.674. The number of hydrogen-bond acceptors (Lipinski definition) is 6. The van der Waals surface area contributed by atoms with E-state index in [2.05, 4.69) is 35.9 Å². The maximum Gasteiger partial charge on any atom is 0.271 e. The second kappa shape index (κ2) is 13.0. The predicted molar refractivity (Wildman–Crippen MR) is 194 cm³/mol. The maximum atomic E-state index is 14.4. The van der Waals surface area contributed by atoms with Crippen molar-refractivity contribution < 1.29 is 9.72 Å². The Morgan fingerprint density at radius 2 is 1.67 bits per heavy atom. The van der Waals surface area contributed by atoms with E-state index in [1.54, 1.807) is 16.7 Å². The van der Waals surface area contributed by atoms with E-state index in [1.807, 2.05) is 85.9 Å². The van der Waals surface area contributed by atoms with Crippen LogP contribution in [0.4, 0.5) is 11.4 Å². The van der Waals surface area contributed by atoms with Crippen LogP contribution in [0.5, 0.6) is 0 Å². The number of anilines is 1. The summed E-state index contributed by atoms with van der Waals surface area (Å²) in [6, 6.07) is 31.2. The molecule has 9 nitrogen and oxygen atoms in total. The lowest BCUT2D eigenvalue weighted by molar-refractivity contribution is -0.384. The third kappa shape index (κ3) is 6.14. The predicted octanol–water partition coefficient (Wildman–Crippen LogP) is 6.91. The highest BCUT2D eigenvalue weighted by Crippen LogP contribution is 2.32. The monoisotopic (exact) mass is 667 g/mol. The molecule has 7 rings (SSSR count). The first-order chi connectivity index (χ1) is 23.7. The number of para-hydroxylation sites is 2. The summed E-state index contributed by atoms with van der Waals surface area (Å²) in [5, 5.41) is 15.1. The molecule has 0 saturated carbocycles. The number of amides is 1. The van der Waals surface area contributed by atoms with Crippen LogP contribution in [0.1, 0.15) is 55.0 Å². The van der Waals surface area contributed by atoms with Crippen molar-refractivity contribution in [2.24, 2.45) is 4.99 Å². The summed E-state index contributed by atoms with van der Waals surface area (Å²) < 4.78 is 4.22. The number of aromatic nitrogens is 2. The molecule has 2 aromatic heterocycles. The number of nitrogens with zero attached hydrogens (tertiary/aromatic N) is 4. The molecule has 0 radical (unpaired) electrons. The molecule has 1 N–H and O–H groups in total. The number of benzene rings is 4. The van der Waals surface area contributed by atoms with Gasteiger partial charge >= 0.3 is 0 Å². The zero-order valence-corrected chi connectivity index (χ0v) is 28.0. The zero-order chi connectivity index (χ0) is 34.2. The molecule has 1 amide bonds. The van der Waals surface area contributed by atoms with Gasteiger partial charge in [-0.05, 0) is 53.8 Å². The number of carbonyl (C=O) groups is 1. The first-order valence-corrected chi connectivity index (χ1v) is 16.8. The Morgan fingerprint density at radius 1 is 0.980 bits per heavy atom. The average molecular weight is 668 g/mol. The molecule has 1 aliphatic rings. The number of fused-ring (bicyclic) bond motifs is 2. The number of non-ortho nitro benzene ring substituents is 1. The third-order valence-electron chi connectivity index (χ3n) is 8.82. The topological polar surface area (TPSA) is 112 Å². The summed E-state index contributed by atoms with van der Waals surface area (Å²) in [7, 11) is 0. The summed E-state index contributed by atoms with van der Waals surface area (Å²) in [6.45, 7) is 6.57. The molecule has 0 unspecified atom stereocenters. The van der Waals surface area contributed by atoms with Gasteiger partial charge in [0.25, 0.3) is 17.2 Å². The zero-order valence-electron chi connectivity index (χ0n) is 27.2. The average Bonchev–Trinajstić information content (AvgIpc) is 3.60. The Balaban J connectivity index is 1.33. The third-order valence-corrected chi connectivity index (χ3v) is 9.81. The first kappa shape index (κ1) is 31.7. The number of carbonyl (C=O) groups excluding carboxylic acids is 1. The summed E-state index contributed by atoms with van der Waals surface area (Å²) >= 11 is 1.30. The molecule has 6 aromatic rings. The van der Waals surface area contributed by atoms with Crippen LogP contribution in [-0.4, -0.2) is 20.0 Å². The molecular formula is C39H33N5O4S. The van der Waals surface area contributed by atoms with Crippen molar-refractivity contribution >= 4 is 45.6 Å². The Labute approximate surface area is 286 Å². The van der Waals surface area contributed by atoms with Gasteiger partial charge in [0, 0.05) is 47.0 Å². The normalized spacial score (nSPS) is 14.6. The van der Waals surface area contributed by atoms with Gasteiger partial charge in [-0.15, -0.1) is 0 Å². The van der Waals surface area contributed by atoms with Gasteiger partial charge < -0.3 is 9.88 Å². The first-order valence-electron chi connectivity index (χ1n) is 16.0. The fourth-order valence-electron chi connectivity index (χ4n) is 6.29. The Bertz CT molecular complexity index is 2440.